The molecule has 0 aromatic carbocycles. The number of carbonyl (C=O) groups is 3. The monoisotopic (exact) mass is 959 g/mol. The minimum Gasteiger partial charge on any atom is -0.462 e. The third kappa shape index (κ3) is 55.1. The van der Waals surface area contributed by atoms with Gasteiger partial charge >= 0.3 is 17.9 Å². The first-order valence-electron chi connectivity index (χ1n) is 28.7. The molecule has 0 N–H and O–H groups in total. The van der Waals surface area contributed by atoms with Crippen LogP contribution in [0, 0.1) is 0 Å². The lowest BCUT2D eigenvalue weighted by atomic mass is 10.0. The number of unbranched alkanes of at least 4 members (excludes halogenated alkanes) is 24. The Morgan fingerprint density at radius 3 is 0.928 bits per heavy atom. The van der Waals surface area contributed by atoms with Crippen LogP contribution in [0.3, 0.4) is 0 Å². The molecular formula is C63H106O6. The van der Waals surface area contributed by atoms with Crippen LogP contribution >= 0.6 is 0 Å². The molecule has 6 heteroatoms. The average molecular weight is 960 g/mol. The van der Waals surface area contributed by atoms with E-state index < -0.39 is 6.10 Å². The summed E-state index contributed by atoms with van der Waals surface area (Å²) in [6.45, 7) is 6.37. The molecule has 0 aliphatic carbocycles. The highest BCUT2D eigenvalue weighted by atomic mass is 16.6. The van der Waals surface area contributed by atoms with Crippen LogP contribution in [0.15, 0.2) is 97.2 Å². The van der Waals surface area contributed by atoms with E-state index in [1.807, 2.05) is 0 Å². The van der Waals surface area contributed by atoms with E-state index in [0.717, 1.165) is 116 Å². The molecule has 0 heterocycles. The van der Waals surface area contributed by atoms with Gasteiger partial charge in [-0.05, 0) is 116 Å². The van der Waals surface area contributed by atoms with Gasteiger partial charge in [-0.3, -0.25) is 14.4 Å². The summed E-state index contributed by atoms with van der Waals surface area (Å²) >= 11 is 0. The van der Waals surface area contributed by atoms with E-state index in [4.69, 9.17) is 14.2 Å². The summed E-state index contributed by atoms with van der Waals surface area (Å²) in [5.74, 6) is -0.958. The molecule has 0 bridgehead atoms. The second kappa shape index (κ2) is 56.9. The van der Waals surface area contributed by atoms with E-state index >= 15 is 0 Å². The number of allylic oxidation sites excluding steroid dienone is 16. The van der Waals surface area contributed by atoms with Crippen molar-refractivity contribution < 1.29 is 28.6 Å². The van der Waals surface area contributed by atoms with Gasteiger partial charge < -0.3 is 14.2 Å². The SMILES string of the molecule is CC/C=C\C/C=C\C/C=C\C/C=C\CCCCC(=O)O[C@H](COC(=O)CCCCCCC/C=C\C/C=C\C/C=C\CC)COC(=O)CCCCCCCCCCCCC/C=C\CCCCCCCC. The summed E-state index contributed by atoms with van der Waals surface area (Å²) in [4.78, 5) is 38.1. The van der Waals surface area contributed by atoms with Gasteiger partial charge in [0.1, 0.15) is 13.2 Å². The molecule has 0 aromatic heterocycles. The Morgan fingerprint density at radius 1 is 0.304 bits per heavy atom. The molecule has 0 rings (SSSR count). The molecule has 0 aromatic rings. The summed E-state index contributed by atoms with van der Waals surface area (Å²) in [5, 5.41) is 0. The molecule has 0 amide bonds. The molecule has 1 atom stereocenters. The molecule has 0 aliphatic heterocycles. The third-order valence-electron chi connectivity index (χ3n) is 12.1. The molecular weight excluding hydrogens is 853 g/mol. The largest absolute Gasteiger partial charge is 0.462 e. The standard InChI is InChI=1S/C63H106O6/c1-4-7-10-13-16-19-22-25-28-29-30-31-32-33-36-38-41-44-47-50-53-56-62(65)68-59-60(69-63(66)57-54-51-48-45-42-39-35-27-24-21-18-15-12-9-6-3)58-67-61(64)55-52-49-46-43-40-37-34-26-23-20-17-14-11-8-5-2/h8-9,11-12,17-18,20-21,25-28,34-35,42,45,60H,4-7,10,13-16,19,22-24,29-33,36-41,43-44,46-59H2,1-3H3/b11-8-,12-9-,20-17-,21-18-,28-25-,34-26-,35-27-,45-42-/t60-/m1/s1. The van der Waals surface area contributed by atoms with E-state index in [0.29, 0.717) is 19.3 Å². The van der Waals surface area contributed by atoms with Gasteiger partial charge in [0.25, 0.3) is 0 Å². The molecule has 0 unspecified atom stereocenters. The van der Waals surface area contributed by atoms with Crippen molar-refractivity contribution >= 4 is 17.9 Å². The predicted octanol–water partition coefficient (Wildman–Crippen LogP) is 19.3. The Labute approximate surface area is 426 Å². The second-order valence-electron chi connectivity index (χ2n) is 18.8. The molecule has 0 spiro atoms. The number of rotatable bonds is 51. The Balaban J connectivity index is 4.41. The van der Waals surface area contributed by atoms with Crippen LogP contribution in [-0.2, 0) is 28.6 Å². The zero-order valence-corrected chi connectivity index (χ0v) is 45.0. The quantitative estimate of drug-likeness (QED) is 0.0262. The summed E-state index contributed by atoms with van der Waals surface area (Å²) in [5.41, 5.74) is 0. The maximum atomic E-state index is 12.8. The minimum atomic E-state index is -0.808. The van der Waals surface area contributed by atoms with Crippen LogP contribution in [0.5, 0.6) is 0 Å². The topological polar surface area (TPSA) is 78.9 Å². The maximum absolute atomic E-state index is 12.8. The van der Waals surface area contributed by atoms with Gasteiger partial charge in [-0.15, -0.1) is 0 Å². The van der Waals surface area contributed by atoms with Crippen molar-refractivity contribution in [3.8, 4) is 0 Å². The minimum absolute atomic E-state index is 0.100. The fraction of sp³-hybridized carbons (Fsp3) is 0.698. The summed E-state index contributed by atoms with van der Waals surface area (Å²) < 4.78 is 16.8. The van der Waals surface area contributed by atoms with Crippen LogP contribution in [0.1, 0.15) is 265 Å². The van der Waals surface area contributed by atoms with Crippen molar-refractivity contribution in [1.82, 2.24) is 0 Å². The number of ether oxygens (including phenoxy) is 3. The van der Waals surface area contributed by atoms with Gasteiger partial charge in [0.15, 0.2) is 6.10 Å². The third-order valence-corrected chi connectivity index (χ3v) is 12.1. The first kappa shape index (κ1) is 65.3. The maximum Gasteiger partial charge on any atom is 0.306 e. The molecule has 0 fully saturated rings. The molecule has 0 radical (unpaired) electrons. The van der Waals surface area contributed by atoms with Crippen molar-refractivity contribution in [3.05, 3.63) is 97.2 Å². The molecule has 69 heavy (non-hydrogen) atoms. The van der Waals surface area contributed by atoms with Gasteiger partial charge in [-0.2, -0.15) is 0 Å². The van der Waals surface area contributed by atoms with Gasteiger partial charge in [0.05, 0.1) is 0 Å². The summed E-state index contributed by atoms with van der Waals surface area (Å²) in [7, 11) is 0. The molecule has 0 aliphatic rings. The van der Waals surface area contributed by atoms with Crippen molar-refractivity contribution in [2.24, 2.45) is 0 Å². The van der Waals surface area contributed by atoms with Crippen molar-refractivity contribution in [2.75, 3.05) is 13.2 Å². The molecule has 0 saturated carbocycles. The van der Waals surface area contributed by atoms with Crippen LogP contribution in [0.2, 0.25) is 0 Å². The van der Waals surface area contributed by atoms with E-state index in [9.17, 15) is 14.4 Å². The fourth-order valence-corrected chi connectivity index (χ4v) is 7.80. The highest BCUT2D eigenvalue weighted by Crippen LogP contribution is 2.15. The van der Waals surface area contributed by atoms with Gasteiger partial charge in [0, 0.05) is 19.3 Å². The molecule has 394 valence electrons. The Morgan fingerprint density at radius 2 is 0.565 bits per heavy atom. The van der Waals surface area contributed by atoms with Gasteiger partial charge in [0.2, 0.25) is 0 Å². The fourth-order valence-electron chi connectivity index (χ4n) is 7.80. The number of hydrogen-bond acceptors (Lipinski definition) is 6. The predicted molar refractivity (Wildman–Crippen MR) is 297 cm³/mol. The summed E-state index contributed by atoms with van der Waals surface area (Å²) in [6.07, 6.45) is 75.5. The summed E-state index contributed by atoms with van der Waals surface area (Å²) in [6, 6.07) is 0. The molecule has 6 nitrogen and oxygen atoms in total. The Kier molecular flexibility index (Phi) is 53.9. The first-order chi connectivity index (χ1) is 34.0. The lowest BCUT2D eigenvalue weighted by Crippen LogP contribution is -2.30. The Bertz CT molecular complexity index is 1380. The zero-order chi connectivity index (χ0) is 50.0. The number of esters is 3. The van der Waals surface area contributed by atoms with Crippen molar-refractivity contribution in [2.45, 2.75) is 271 Å². The van der Waals surface area contributed by atoms with Crippen LogP contribution < -0.4 is 0 Å². The smallest absolute Gasteiger partial charge is 0.306 e. The number of hydrogen-bond donors (Lipinski definition) is 0. The van der Waals surface area contributed by atoms with Gasteiger partial charge in [-0.25, -0.2) is 0 Å². The lowest BCUT2D eigenvalue weighted by molar-refractivity contribution is -0.167. The van der Waals surface area contributed by atoms with Crippen molar-refractivity contribution in [3.63, 3.8) is 0 Å². The highest BCUT2D eigenvalue weighted by molar-refractivity contribution is 5.71. The van der Waals surface area contributed by atoms with Gasteiger partial charge in [-0.1, -0.05) is 227 Å². The molecule has 0 saturated heterocycles. The second-order valence-corrected chi connectivity index (χ2v) is 18.8. The van der Waals surface area contributed by atoms with E-state index in [1.165, 1.54) is 103 Å². The normalized spacial score (nSPS) is 12.8. The zero-order valence-electron chi connectivity index (χ0n) is 45.0. The van der Waals surface area contributed by atoms with E-state index in [1.54, 1.807) is 0 Å². The highest BCUT2D eigenvalue weighted by Gasteiger charge is 2.19. The number of carbonyl (C=O) groups excluding carboxylic acids is 3. The van der Waals surface area contributed by atoms with Crippen LogP contribution in [0.4, 0.5) is 0 Å². The van der Waals surface area contributed by atoms with E-state index in [-0.39, 0.29) is 37.5 Å². The first-order valence-corrected chi connectivity index (χ1v) is 28.7. The van der Waals surface area contributed by atoms with E-state index in [2.05, 4.69) is 118 Å². The van der Waals surface area contributed by atoms with Crippen molar-refractivity contribution in [1.29, 1.82) is 0 Å². The van der Waals surface area contributed by atoms with Crippen LogP contribution in [-0.4, -0.2) is 37.2 Å². The van der Waals surface area contributed by atoms with Crippen LogP contribution in [0.25, 0.3) is 0 Å². The lowest BCUT2D eigenvalue weighted by Gasteiger charge is -2.18. The average Bonchev–Trinajstić information content (AvgIpc) is 3.35. The Hall–Kier alpha value is -3.67.